The second-order valence-corrected chi connectivity index (χ2v) is 6.14. The fourth-order valence-electron chi connectivity index (χ4n) is 2.62. The number of anilines is 2. The highest BCUT2D eigenvalue weighted by Gasteiger charge is 2.21. The zero-order valence-electron chi connectivity index (χ0n) is 16.5. The molecule has 8 heteroatoms. The van der Waals surface area contributed by atoms with Gasteiger partial charge in [-0.25, -0.2) is 4.79 Å². The van der Waals surface area contributed by atoms with Gasteiger partial charge in [-0.15, -0.1) is 0 Å². The molecule has 8 nitrogen and oxygen atoms in total. The molecule has 0 fully saturated rings. The Balaban J connectivity index is 2.40. The van der Waals surface area contributed by atoms with Crippen LogP contribution in [0.25, 0.3) is 6.08 Å². The number of nitro benzene ring substituents is 1. The van der Waals surface area contributed by atoms with Gasteiger partial charge in [-0.1, -0.05) is 24.3 Å². The molecule has 29 heavy (non-hydrogen) atoms. The van der Waals surface area contributed by atoms with Crippen LogP contribution in [0.2, 0.25) is 0 Å². The summed E-state index contributed by atoms with van der Waals surface area (Å²) in [6.07, 6.45) is 1.29. The summed E-state index contributed by atoms with van der Waals surface area (Å²) in [6, 6.07) is 13.7. The van der Waals surface area contributed by atoms with Gasteiger partial charge >= 0.3 is 5.97 Å². The molecule has 0 radical (unpaired) electrons. The number of methoxy groups -OCH3 is 1. The van der Waals surface area contributed by atoms with Crippen molar-refractivity contribution in [3.8, 4) is 0 Å². The molecule has 0 aliphatic carbocycles. The lowest BCUT2D eigenvalue weighted by Gasteiger charge is -2.19. The molecule has 0 heterocycles. The van der Waals surface area contributed by atoms with Crippen LogP contribution in [-0.4, -0.2) is 44.0 Å². The Kier molecular flexibility index (Phi) is 7.62. The number of hydrogen-bond acceptors (Lipinski definition) is 7. The van der Waals surface area contributed by atoms with Crippen LogP contribution < -0.4 is 4.90 Å². The minimum absolute atomic E-state index is 0.000902. The lowest BCUT2D eigenvalue weighted by molar-refractivity contribution is -0.384. The van der Waals surface area contributed by atoms with Crippen molar-refractivity contribution < 1.29 is 24.0 Å². The molecule has 0 bridgehead atoms. The van der Waals surface area contributed by atoms with E-state index in [4.69, 9.17) is 9.47 Å². The molecule has 2 aromatic rings. The molecule has 0 atom stereocenters. The van der Waals surface area contributed by atoms with E-state index in [9.17, 15) is 19.7 Å². The molecule has 0 saturated carbocycles. The second-order valence-electron chi connectivity index (χ2n) is 6.14. The van der Waals surface area contributed by atoms with Gasteiger partial charge < -0.3 is 14.4 Å². The van der Waals surface area contributed by atoms with Crippen LogP contribution in [0.3, 0.4) is 0 Å². The van der Waals surface area contributed by atoms with E-state index >= 15 is 0 Å². The molecule has 0 aromatic heterocycles. The average molecular weight is 398 g/mol. The van der Waals surface area contributed by atoms with E-state index in [2.05, 4.69) is 0 Å². The number of nitro groups is 1. The predicted molar refractivity (Wildman–Crippen MR) is 109 cm³/mol. The highest BCUT2D eigenvalue weighted by Crippen LogP contribution is 2.33. The highest BCUT2D eigenvalue weighted by molar-refractivity contribution is 6.19. The smallest absolute Gasteiger partial charge is 0.341 e. The number of ether oxygens (including phenoxy) is 2. The number of benzene rings is 2. The molecule has 0 unspecified atom stereocenters. The van der Waals surface area contributed by atoms with Crippen LogP contribution in [0.5, 0.6) is 0 Å². The van der Waals surface area contributed by atoms with Crippen molar-refractivity contribution in [2.75, 3.05) is 32.3 Å². The van der Waals surface area contributed by atoms with Gasteiger partial charge in [0.15, 0.2) is 5.78 Å². The van der Waals surface area contributed by atoms with Crippen molar-refractivity contribution in [2.45, 2.75) is 6.92 Å². The minimum atomic E-state index is -0.803. The Morgan fingerprint density at radius 3 is 2.41 bits per heavy atom. The highest BCUT2D eigenvalue weighted by atomic mass is 16.6. The molecule has 0 amide bonds. The molecule has 0 aliphatic heterocycles. The lowest BCUT2D eigenvalue weighted by Crippen LogP contribution is -2.16. The van der Waals surface area contributed by atoms with Crippen molar-refractivity contribution in [3.05, 3.63) is 69.8 Å². The second kappa shape index (κ2) is 10.1. The Bertz CT molecular complexity index is 924. The molecule has 2 rings (SSSR count). The zero-order chi connectivity index (χ0) is 21.4. The van der Waals surface area contributed by atoms with Gasteiger partial charge in [-0.3, -0.25) is 14.9 Å². The maximum atomic E-state index is 12.1. The van der Waals surface area contributed by atoms with Gasteiger partial charge in [0.25, 0.3) is 5.69 Å². The molecule has 152 valence electrons. The fraction of sp³-hybridized carbons (Fsp3) is 0.238. The largest absolute Gasteiger partial charge is 0.460 e. The quantitative estimate of drug-likeness (QED) is 0.121. The van der Waals surface area contributed by atoms with E-state index < -0.39 is 16.7 Å². The van der Waals surface area contributed by atoms with Crippen molar-refractivity contribution in [3.63, 3.8) is 0 Å². The first-order valence-electron chi connectivity index (χ1n) is 8.81. The topological polar surface area (TPSA) is 99.0 Å². The van der Waals surface area contributed by atoms with Gasteiger partial charge in [0, 0.05) is 25.9 Å². The predicted octanol–water partition coefficient (Wildman–Crippen LogP) is 3.52. The molecular weight excluding hydrogens is 376 g/mol. The van der Waals surface area contributed by atoms with E-state index in [1.54, 1.807) is 24.1 Å². The van der Waals surface area contributed by atoms with Crippen LogP contribution in [0.15, 0.2) is 54.1 Å². The Morgan fingerprint density at radius 2 is 1.83 bits per heavy atom. The maximum absolute atomic E-state index is 12.1. The summed E-state index contributed by atoms with van der Waals surface area (Å²) in [7, 11) is 3.18. The molecule has 0 aliphatic rings. The van der Waals surface area contributed by atoms with Gasteiger partial charge in [0.05, 0.1) is 11.5 Å². The fourth-order valence-corrected chi connectivity index (χ4v) is 2.62. The van der Waals surface area contributed by atoms with Crippen molar-refractivity contribution >= 4 is 34.9 Å². The number of Topliss-reactive ketones (excluding diaryl/α,β-unsaturated/α-hetero) is 1. The molecule has 0 spiro atoms. The van der Waals surface area contributed by atoms with Crippen LogP contribution in [0.1, 0.15) is 12.5 Å². The first-order chi connectivity index (χ1) is 13.8. The van der Waals surface area contributed by atoms with Gasteiger partial charge in [-0.2, -0.15) is 0 Å². The van der Waals surface area contributed by atoms with E-state index in [1.165, 1.54) is 26.2 Å². The van der Waals surface area contributed by atoms with Gasteiger partial charge in [0.2, 0.25) is 0 Å². The van der Waals surface area contributed by atoms with Crippen LogP contribution in [0.4, 0.5) is 17.1 Å². The summed E-state index contributed by atoms with van der Waals surface area (Å²) in [4.78, 5) is 36.8. The normalized spacial score (nSPS) is 11.1. The molecule has 2 aromatic carbocycles. The number of carbonyl (C=O) groups excluding carboxylic acids is 2. The number of nitrogens with zero attached hydrogens (tertiary/aromatic N) is 2. The Morgan fingerprint density at radius 1 is 1.14 bits per heavy atom. The van der Waals surface area contributed by atoms with E-state index in [0.29, 0.717) is 11.3 Å². The third-order valence-electron chi connectivity index (χ3n) is 4.13. The molecule has 0 N–H and O–H groups in total. The summed E-state index contributed by atoms with van der Waals surface area (Å²) >= 11 is 0. The minimum Gasteiger partial charge on any atom is -0.460 e. The molecule has 0 saturated heterocycles. The SMILES string of the molecule is COCCOC(=O)/C(=C/c1ccc(N(C)c2ccccc2)c([N+](=O)[O-])c1)C(C)=O. The van der Waals surface area contributed by atoms with Gasteiger partial charge in [-0.05, 0) is 36.8 Å². The third kappa shape index (κ3) is 5.73. The van der Waals surface area contributed by atoms with E-state index in [-0.39, 0.29) is 24.5 Å². The van der Waals surface area contributed by atoms with E-state index in [0.717, 1.165) is 5.69 Å². The average Bonchev–Trinajstić information content (AvgIpc) is 2.71. The number of carbonyl (C=O) groups is 2. The number of rotatable bonds is 9. The van der Waals surface area contributed by atoms with Crippen molar-refractivity contribution in [2.24, 2.45) is 0 Å². The third-order valence-corrected chi connectivity index (χ3v) is 4.13. The van der Waals surface area contributed by atoms with Crippen molar-refractivity contribution in [1.82, 2.24) is 0 Å². The summed E-state index contributed by atoms with van der Waals surface area (Å²) in [6.45, 7) is 1.43. The number of para-hydroxylation sites is 1. The van der Waals surface area contributed by atoms with Crippen molar-refractivity contribution in [1.29, 1.82) is 0 Å². The van der Waals surface area contributed by atoms with E-state index in [1.807, 2.05) is 30.3 Å². The summed E-state index contributed by atoms with van der Waals surface area (Å²) in [5.41, 5.74) is 1.16. The number of ketones is 1. The first-order valence-corrected chi connectivity index (χ1v) is 8.81. The van der Waals surface area contributed by atoms with Gasteiger partial charge in [0.1, 0.15) is 17.9 Å². The maximum Gasteiger partial charge on any atom is 0.341 e. The number of esters is 1. The Hall–Kier alpha value is -3.52. The zero-order valence-corrected chi connectivity index (χ0v) is 16.5. The summed E-state index contributed by atoms with van der Waals surface area (Å²) in [5, 5.41) is 11.6. The van der Waals surface area contributed by atoms with Crippen LogP contribution in [-0.2, 0) is 19.1 Å². The monoisotopic (exact) mass is 398 g/mol. The van der Waals surface area contributed by atoms with Crippen LogP contribution in [0, 0.1) is 10.1 Å². The summed E-state index contributed by atoms with van der Waals surface area (Å²) < 4.78 is 9.78. The van der Waals surface area contributed by atoms with Crippen LogP contribution >= 0.6 is 0 Å². The lowest BCUT2D eigenvalue weighted by atomic mass is 10.1. The number of hydrogen-bond donors (Lipinski definition) is 0. The molecular formula is C21H22N2O6. The summed E-state index contributed by atoms with van der Waals surface area (Å²) in [5.74, 6) is -1.30. The first kappa shape index (κ1) is 21.8. The Labute approximate surface area is 168 Å². The standard InChI is InChI=1S/C21H22N2O6/c1-15(24)18(21(25)29-12-11-28-3)13-16-9-10-19(20(14-16)23(26)27)22(2)17-7-5-4-6-8-17/h4-10,13-14H,11-12H2,1-3H3/b18-13+.